The first-order valence-electron chi connectivity index (χ1n) is 1.08. The molecule has 0 radical (unpaired) electrons. The van der Waals surface area contributed by atoms with E-state index in [0.29, 0.717) is 5.88 Å². The van der Waals surface area contributed by atoms with Crippen LogP contribution in [0.15, 0.2) is 12.7 Å². The Bertz CT molecular complexity index is 26.9. The van der Waals surface area contributed by atoms with Crippen molar-refractivity contribution in [3.63, 3.8) is 0 Å². The molecule has 0 aliphatic carbocycles. The summed E-state index contributed by atoms with van der Waals surface area (Å²) in [5.41, 5.74) is 0. The van der Waals surface area contributed by atoms with Gasteiger partial charge in [0.05, 0.1) is 0 Å². The summed E-state index contributed by atoms with van der Waals surface area (Å²) in [7, 11) is 0. The van der Waals surface area contributed by atoms with E-state index in [1.165, 1.54) is 0 Å². The molecule has 0 unspecified atom stereocenters. The molecule has 0 bridgehead atoms. The van der Waals surface area contributed by atoms with Crippen molar-refractivity contribution >= 4 is 34.7 Å². The zero-order valence-electron chi connectivity index (χ0n) is 3.83. The van der Waals surface area contributed by atoms with E-state index >= 15 is 0 Å². The summed E-state index contributed by atoms with van der Waals surface area (Å²) in [6, 6.07) is 0. The van der Waals surface area contributed by atoms with Crippen molar-refractivity contribution in [1.29, 1.82) is 0 Å². The topological polar surface area (TPSA) is 0 Å². The van der Waals surface area contributed by atoms with Crippen LogP contribution in [0, 0.1) is 0 Å². The monoisotopic (exact) mass is 258 g/mol. The summed E-state index contributed by atoms with van der Waals surface area (Å²) >= 11 is 5.07. The Hall–Kier alpha value is 1.76. The summed E-state index contributed by atoms with van der Waals surface area (Å²) in [5, 5.41) is 0. The molecule has 0 aromatic rings. The molecule has 40 valence electrons. The fourth-order valence-electron chi connectivity index (χ4n) is 0. The molecule has 0 fully saturated rings. The third-order valence-corrected chi connectivity index (χ3v) is 0.327. The summed E-state index contributed by atoms with van der Waals surface area (Å²) < 4.78 is 0. The predicted octanol–water partition coefficient (Wildman–Crippen LogP) is -4.96. The predicted molar refractivity (Wildman–Crippen MR) is 26.7 cm³/mol. The molecule has 0 aliphatic rings. The second-order valence-electron chi connectivity index (χ2n) is 0.443. The van der Waals surface area contributed by atoms with Gasteiger partial charge in [0.1, 0.15) is 0 Å². The van der Waals surface area contributed by atoms with Crippen LogP contribution in [0.3, 0.4) is 0 Å². The summed E-state index contributed by atoms with van der Waals surface area (Å²) in [4.78, 5) is 0. The van der Waals surface area contributed by atoms with E-state index in [0.717, 1.165) is 0 Å². The molecule has 0 spiro atoms. The molecule has 0 nitrogen and oxygen atoms in total. The second-order valence-corrected chi connectivity index (χ2v) is 0.752. The summed E-state index contributed by atoms with van der Waals surface area (Å²) in [6.07, 6.45) is 1.64. The average Bonchev–Trinajstić information content (AvgIpc) is 1.37. The maximum absolute atomic E-state index is 5.07. The van der Waals surface area contributed by atoms with Gasteiger partial charge in [-0.1, -0.05) is 6.08 Å². The largest absolute Gasteiger partial charge is 2.00 e. The van der Waals surface area contributed by atoms with Gasteiger partial charge in [-0.2, -0.15) is 0 Å². The van der Waals surface area contributed by atoms with E-state index in [4.69, 9.17) is 11.6 Å². The summed E-state index contributed by atoms with van der Waals surface area (Å²) in [6.45, 7) is 3.35. The molecular weight excluding hydrogens is 256 g/mol. The van der Waals surface area contributed by atoms with Crippen LogP contribution in [-0.4, -0.2) is 28.9 Å². The Morgan fingerprint density at radius 3 is 1.57 bits per heavy atom. The van der Waals surface area contributed by atoms with Crippen molar-refractivity contribution in [2.45, 2.75) is 0 Å². The molecule has 0 saturated heterocycles. The van der Waals surface area contributed by atoms with Gasteiger partial charge in [-0.05, 0) is 0 Å². The minimum Gasteiger partial charge on any atom is -1.00 e. The zero-order valence-corrected chi connectivity index (χ0v) is 9.17. The Morgan fingerprint density at radius 2 is 1.57 bits per heavy atom. The Morgan fingerprint density at radius 1 is 1.43 bits per heavy atom. The Kier molecular flexibility index (Phi) is 83.5. The van der Waals surface area contributed by atoms with Crippen LogP contribution in [0.4, 0.5) is 0 Å². The minimum absolute atomic E-state index is 0. The van der Waals surface area contributed by atoms with Crippen LogP contribution >= 0.6 is 11.6 Å². The number of rotatable bonds is 1. The van der Waals surface area contributed by atoms with Gasteiger partial charge in [-0.15, -0.1) is 18.2 Å². The van der Waals surface area contributed by atoms with Crippen molar-refractivity contribution in [2.24, 2.45) is 0 Å². The van der Waals surface area contributed by atoms with E-state index < -0.39 is 0 Å². The molecular formula is C3H5Br2ClMg. The van der Waals surface area contributed by atoms with Crippen LogP contribution in [-0.2, 0) is 0 Å². The quantitative estimate of drug-likeness (QED) is 0.252. The first-order chi connectivity index (χ1) is 1.91. The van der Waals surface area contributed by atoms with E-state index in [-0.39, 0.29) is 57.0 Å². The van der Waals surface area contributed by atoms with E-state index in [1.807, 2.05) is 0 Å². The number of halogens is 3. The van der Waals surface area contributed by atoms with Gasteiger partial charge < -0.3 is 34.0 Å². The molecule has 0 saturated carbocycles. The van der Waals surface area contributed by atoms with E-state index in [9.17, 15) is 0 Å². The van der Waals surface area contributed by atoms with Crippen LogP contribution in [0.1, 0.15) is 0 Å². The summed E-state index contributed by atoms with van der Waals surface area (Å²) in [5.74, 6) is 0.556. The van der Waals surface area contributed by atoms with Crippen molar-refractivity contribution in [1.82, 2.24) is 0 Å². The average molecular weight is 261 g/mol. The first-order valence-corrected chi connectivity index (χ1v) is 1.62. The van der Waals surface area contributed by atoms with Crippen LogP contribution < -0.4 is 34.0 Å². The molecule has 0 rings (SSSR count). The molecule has 0 amide bonds. The molecule has 0 heterocycles. The fraction of sp³-hybridized carbons (Fsp3) is 0.333. The third-order valence-electron chi connectivity index (χ3n) is 0.109. The molecule has 0 aliphatic heterocycles. The number of allylic oxidation sites excluding steroid dienone is 1. The molecule has 0 aromatic heterocycles. The maximum Gasteiger partial charge on any atom is 2.00 e. The van der Waals surface area contributed by atoms with Crippen LogP contribution in [0.5, 0.6) is 0 Å². The van der Waals surface area contributed by atoms with Gasteiger partial charge in [-0.25, -0.2) is 0 Å². The third kappa shape index (κ3) is 33.8. The van der Waals surface area contributed by atoms with Crippen molar-refractivity contribution in [3.8, 4) is 0 Å². The molecule has 0 N–H and O–H groups in total. The molecule has 4 heteroatoms. The van der Waals surface area contributed by atoms with Crippen LogP contribution in [0.2, 0.25) is 0 Å². The van der Waals surface area contributed by atoms with Gasteiger partial charge in [0, 0.05) is 5.88 Å². The van der Waals surface area contributed by atoms with E-state index in [2.05, 4.69) is 6.58 Å². The van der Waals surface area contributed by atoms with Crippen LogP contribution in [0.25, 0.3) is 0 Å². The first kappa shape index (κ1) is 23.3. The van der Waals surface area contributed by atoms with Gasteiger partial charge in [0.15, 0.2) is 0 Å². The van der Waals surface area contributed by atoms with Gasteiger partial charge in [0.25, 0.3) is 0 Å². The Labute approximate surface area is 86.4 Å². The van der Waals surface area contributed by atoms with Gasteiger partial charge in [0.2, 0.25) is 0 Å². The minimum atomic E-state index is 0. The van der Waals surface area contributed by atoms with E-state index in [1.54, 1.807) is 6.08 Å². The fourth-order valence-corrected chi connectivity index (χ4v) is 0. The van der Waals surface area contributed by atoms with Gasteiger partial charge >= 0.3 is 23.1 Å². The number of hydrogen-bond donors (Lipinski definition) is 0. The zero-order chi connectivity index (χ0) is 3.41. The SMILES string of the molecule is C=CCCl.[Br-].[Br-].[Mg+2]. The molecule has 7 heavy (non-hydrogen) atoms. The Balaban J connectivity index is -0.0000000150. The molecule has 0 atom stereocenters. The number of hydrogen-bond acceptors (Lipinski definition) is 0. The standard InChI is InChI=1S/C3H5Cl.2BrH.Mg/c1-2-3-4;;;/h2H,1,3H2;2*1H;/q;;;+2/p-2. The normalized spacial score (nSPS) is 3.57. The molecule has 0 aromatic carbocycles. The second kappa shape index (κ2) is 25.1. The van der Waals surface area contributed by atoms with Crippen molar-refractivity contribution in [3.05, 3.63) is 12.7 Å². The maximum atomic E-state index is 5.07. The van der Waals surface area contributed by atoms with Crippen molar-refractivity contribution < 1.29 is 34.0 Å². The van der Waals surface area contributed by atoms with Crippen molar-refractivity contribution in [2.75, 3.05) is 5.88 Å². The smallest absolute Gasteiger partial charge is 1.00 e. The van der Waals surface area contributed by atoms with Gasteiger partial charge in [-0.3, -0.25) is 0 Å². The number of alkyl halides is 1.